The van der Waals surface area contributed by atoms with Crippen molar-refractivity contribution < 1.29 is 9.47 Å². The summed E-state index contributed by atoms with van der Waals surface area (Å²) in [5, 5.41) is 1.00. The van der Waals surface area contributed by atoms with E-state index in [0.717, 1.165) is 44.8 Å². The Morgan fingerprint density at radius 1 is 1.13 bits per heavy atom. The molecule has 92 valence electrons. The van der Waals surface area contributed by atoms with E-state index in [2.05, 4.69) is 34.7 Å². The monoisotopic (exact) mass is 281 g/mol. The van der Waals surface area contributed by atoms with E-state index in [0.29, 0.717) is 5.92 Å². The van der Waals surface area contributed by atoms with Gasteiger partial charge in [-0.05, 0) is 5.92 Å². The Labute approximate surface area is 102 Å². The minimum Gasteiger partial charge on any atom is -0.383 e. The average Bonchev–Trinajstić information content (AvgIpc) is 2.20. The third-order valence-corrected chi connectivity index (χ3v) is 2.37. The first-order valence-corrected chi connectivity index (χ1v) is 6.67. The number of rotatable bonds is 10. The molecular formula is C11H24BrNO2. The average molecular weight is 282 g/mol. The Bertz CT molecular complexity index is 134. The molecule has 4 heteroatoms. The molecule has 0 rings (SSSR count). The molecule has 0 aromatic heterocycles. The highest BCUT2D eigenvalue weighted by molar-refractivity contribution is 9.09. The fourth-order valence-electron chi connectivity index (χ4n) is 1.19. The second kappa shape index (κ2) is 10.9. The Morgan fingerprint density at radius 2 is 1.80 bits per heavy atom. The van der Waals surface area contributed by atoms with Crippen LogP contribution in [0.2, 0.25) is 0 Å². The minimum atomic E-state index is 0.619. The molecule has 0 aliphatic carbocycles. The first-order chi connectivity index (χ1) is 7.20. The molecular weight excluding hydrogens is 258 g/mol. The summed E-state index contributed by atoms with van der Waals surface area (Å²) in [5.41, 5.74) is 0. The fourth-order valence-corrected chi connectivity index (χ4v) is 1.69. The summed E-state index contributed by atoms with van der Waals surface area (Å²) in [4.78, 5) is 2.35. The van der Waals surface area contributed by atoms with Gasteiger partial charge >= 0.3 is 0 Å². The van der Waals surface area contributed by atoms with Crippen molar-refractivity contribution in [2.24, 2.45) is 5.92 Å². The predicted octanol–water partition coefficient (Wildman–Crippen LogP) is 2.00. The molecule has 0 saturated heterocycles. The van der Waals surface area contributed by atoms with Gasteiger partial charge in [-0.15, -0.1) is 0 Å². The van der Waals surface area contributed by atoms with Crippen molar-refractivity contribution >= 4 is 15.9 Å². The number of ether oxygens (including phenoxy) is 2. The van der Waals surface area contributed by atoms with Crippen molar-refractivity contribution in [2.45, 2.75) is 13.8 Å². The summed E-state index contributed by atoms with van der Waals surface area (Å²) in [6, 6.07) is 0. The molecule has 0 saturated carbocycles. The van der Waals surface area contributed by atoms with E-state index in [1.807, 2.05) is 0 Å². The SMILES string of the molecule is COCCN(CCBr)CCOCC(C)C. The van der Waals surface area contributed by atoms with Crippen molar-refractivity contribution in [2.75, 3.05) is 51.9 Å². The van der Waals surface area contributed by atoms with Gasteiger partial charge in [-0.3, -0.25) is 4.90 Å². The number of nitrogens with zero attached hydrogens (tertiary/aromatic N) is 1. The summed E-state index contributed by atoms with van der Waals surface area (Å²) < 4.78 is 10.6. The van der Waals surface area contributed by atoms with Crippen LogP contribution in [-0.4, -0.2) is 56.8 Å². The fraction of sp³-hybridized carbons (Fsp3) is 1.00. The molecule has 0 fully saturated rings. The molecule has 3 nitrogen and oxygen atoms in total. The van der Waals surface area contributed by atoms with Crippen LogP contribution in [0.25, 0.3) is 0 Å². The van der Waals surface area contributed by atoms with Crippen LogP contribution < -0.4 is 0 Å². The van der Waals surface area contributed by atoms with E-state index in [-0.39, 0.29) is 0 Å². The lowest BCUT2D eigenvalue weighted by Gasteiger charge is -2.20. The summed E-state index contributed by atoms with van der Waals surface area (Å²) in [5.74, 6) is 0.619. The van der Waals surface area contributed by atoms with Gasteiger partial charge in [0.15, 0.2) is 0 Å². The van der Waals surface area contributed by atoms with Crippen LogP contribution in [0.3, 0.4) is 0 Å². The van der Waals surface area contributed by atoms with Crippen LogP contribution in [0.1, 0.15) is 13.8 Å². The number of hydrogen-bond donors (Lipinski definition) is 0. The standard InChI is InChI=1S/C11H24BrNO2/c1-11(2)10-15-9-7-13(5-4-12)6-8-14-3/h11H,4-10H2,1-3H3. The lowest BCUT2D eigenvalue weighted by Crippen LogP contribution is -2.32. The molecule has 0 aliphatic heterocycles. The molecule has 0 amide bonds. The van der Waals surface area contributed by atoms with Crippen LogP contribution in [0.15, 0.2) is 0 Å². The van der Waals surface area contributed by atoms with E-state index in [9.17, 15) is 0 Å². The maximum absolute atomic E-state index is 5.55. The summed E-state index contributed by atoms with van der Waals surface area (Å²) in [6.07, 6.45) is 0. The van der Waals surface area contributed by atoms with E-state index in [1.165, 1.54) is 0 Å². The van der Waals surface area contributed by atoms with Crippen LogP contribution in [0.4, 0.5) is 0 Å². The summed E-state index contributed by atoms with van der Waals surface area (Å²) in [6.45, 7) is 9.81. The molecule has 0 N–H and O–H groups in total. The van der Waals surface area contributed by atoms with Crippen LogP contribution in [0.5, 0.6) is 0 Å². The highest BCUT2D eigenvalue weighted by Gasteiger charge is 2.03. The Morgan fingerprint density at radius 3 is 2.33 bits per heavy atom. The normalized spacial score (nSPS) is 11.6. The van der Waals surface area contributed by atoms with E-state index < -0.39 is 0 Å². The zero-order chi connectivity index (χ0) is 11.5. The van der Waals surface area contributed by atoms with Crippen molar-refractivity contribution in [1.82, 2.24) is 4.90 Å². The lowest BCUT2D eigenvalue weighted by atomic mass is 10.2. The van der Waals surface area contributed by atoms with E-state index in [1.54, 1.807) is 7.11 Å². The molecule has 0 atom stereocenters. The molecule has 0 aromatic rings. The highest BCUT2D eigenvalue weighted by atomic mass is 79.9. The highest BCUT2D eigenvalue weighted by Crippen LogP contribution is 1.95. The molecule has 0 aliphatic rings. The number of hydrogen-bond acceptors (Lipinski definition) is 3. The van der Waals surface area contributed by atoms with Crippen molar-refractivity contribution in [3.8, 4) is 0 Å². The Kier molecular flexibility index (Phi) is 11.1. The first-order valence-electron chi connectivity index (χ1n) is 5.55. The largest absolute Gasteiger partial charge is 0.383 e. The number of halogens is 1. The van der Waals surface area contributed by atoms with Gasteiger partial charge in [-0.2, -0.15) is 0 Å². The van der Waals surface area contributed by atoms with Crippen LogP contribution in [-0.2, 0) is 9.47 Å². The Balaban J connectivity index is 3.47. The van der Waals surface area contributed by atoms with E-state index >= 15 is 0 Å². The maximum Gasteiger partial charge on any atom is 0.0593 e. The zero-order valence-electron chi connectivity index (χ0n) is 10.2. The topological polar surface area (TPSA) is 21.7 Å². The van der Waals surface area contributed by atoms with Gasteiger partial charge in [-0.25, -0.2) is 0 Å². The second-order valence-corrected chi connectivity index (χ2v) is 4.79. The number of methoxy groups -OCH3 is 1. The molecule has 0 radical (unpaired) electrons. The summed E-state index contributed by atoms with van der Waals surface area (Å²) >= 11 is 3.45. The number of alkyl halides is 1. The first kappa shape index (κ1) is 15.4. The minimum absolute atomic E-state index is 0.619. The second-order valence-electron chi connectivity index (χ2n) is 3.99. The third kappa shape index (κ3) is 10.6. The van der Waals surface area contributed by atoms with E-state index in [4.69, 9.17) is 9.47 Å². The van der Waals surface area contributed by atoms with Gasteiger partial charge in [0.2, 0.25) is 0 Å². The molecule has 15 heavy (non-hydrogen) atoms. The van der Waals surface area contributed by atoms with Gasteiger partial charge in [0.1, 0.15) is 0 Å². The zero-order valence-corrected chi connectivity index (χ0v) is 11.8. The predicted molar refractivity (Wildman–Crippen MR) is 67.8 cm³/mol. The lowest BCUT2D eigenvalue weighted by molar-refractivity contribution is 0.0770. The molecule has 0 bridgehead atoms. The molecule has 0 unspecified atom stereocenters. The maximum atomic E-state index is 5.55. The van der Waals surface area contributed by atoms with Crippen molar-refractivity contribution in [3.05, 3.63) is 0 Å². The molecule has 0 spiro atoms. The van der Waals surface area contributed by atoms with Crippen molar-refractivity contribution in [3.63, 3.8) is 0 Å². The van der Waals surface area contributed by atoms with Gasteiger partial charge in [0, 0.05) is 38.7 Å². The third-order valence-electron chi connectivity index (χ3n) is 2.02. The van der Waals surface area contributed by atoms with Crippen LogP contribution in [0, 0.1) is 5.92 Å². The van der Waals surface area contributed by atoms with Crippen molar-refractivity contribution in [1.29, 1.82) is 0 Å². The van der Waals surface area contributed by atoms with Crippen LogP contribution >= 0.6 is 15.9 Å². The molecule has 0 aromatic carbocycles. The van der Waals surface area contributed by atoms with Gasteiger partial charge < -0.3 is 9.47 Å². The Hall–Kier alpha value is 0.360. The smallest absolute Gasteiger partial charge is 0.0593 e. The van der Waals surface area contributed by atoms with Gasteiger partial charge in [-0.1, -0.05) is 29.8 Å². The van der Waals surface area contributed by atoms with Gasteiger partial charge in [0.05, 0.1) is 13.2 Å². The van der Waals surface area contributed by atoms with Gasteiger partial charge in [0.25, 0.3) is 0 Å². The summed E-state index contributed by atoms with van der Waals surface area (Å²) in [7, 11) is 1.74. The quantitative estimate of drug-likeness (QED) is 0.452. The molecule has 0 heterocycles.